The molecule has 200 valence electrons. The molecular formula is C29H35N5O4. The van der Waals surface area contributed by atoms with Gasteiger partial charge >= 0.3 is 17.7 Å². The largest absolute Gasteiger partial charge is 0.464 e. The van der Waals surface area contributed by atoms with Gasteiger partial charge in [-0.25, -0.2) is 19.1 Å². The quantitative estimate of drug-likeness (QED) is 0.465. The summed E-state index contributed by atoms with van der Waals surface area (Å²) in [6.45, 7) is 2.94. The highest BCUT2D eigenvalue weighted by atomic mass is 16.5. The van der Waals surface area contributed by atoms with Gasteiger partial charge in [-0.3, -0.25) is 4.98 Å². The highest BCUT2D eigenvalue weighted by Gasteiger charge is 2.30. The fourth-order valence-corrected chi connectivity index (χ4v) is 5.45. The van der Waals surface area contributed by atoms with Crippen molar-refractivity contribution in [1.29, 1.82) is 0 Å². The Kier molecular flexibility index (Phi) is 7.91. The Balaban J connectivity index is 1.21. The van der Waals surface area contributed by atoms with Gasteiger partial charge in [0.25, 0.3) is 0 Å². The molecule has 9 nitrogen and oxygen atoms in total. The topological polar surface area (TPSA) is 109 Å². The van der Waals surface area contributed by atoms with E-state index in [0.717, 1.165) is 24.0 Å². The van der Waals surface area contributed by atoms with Crippen LogP contribution in [0, 0.1) is 0 Å². The van der Waals surface area contributed by atoms with Crippen molar-refractivity contribution in [3.8, 4) is 11.4 Å². The van der Waals surface area contributed by atoms with E-state index in [1.54, 1.807) is 11.8 Å². The summed E-state index contributed by atoms with van der Waals surface area (Å²) in [7, 11) is 0. The highest BCUT2D eigenvalue weighted by Crippen LogP contribution is 2.24. The van der Waals surface area contributed by atoms with Gasteiger partial charge in [0, 0.05) is 25.1 Å². The third-order valence-electron chi connectivity index (χ3n) is 7.51. The highest BCUT2D eigenvalue weighted by molar-refractivity contribution is 5.84. The molecule has 3 aromatic rings. The molecule has 38 heavy (non-hydrogen) atoms. The molecule has 1 aliphatic carbocycles. The summed E-state index contributed by atoms with van der Waals surface area (Å²) in [5.74, 6) is 0.111. The molecule has 2 amide bonds. The van der Waals surface area contributed by atoms with Crippen molar-refractivity contribution in [2.24, 2.45) is 0 Å². The molecule has 0 spiro atoms. The molecule has 2 N–H and O–H groups in total. The second-order valence-electron chi connectivity index (χ2n) is 10.1. The van der Waals surface area contributed by atoms with Crippen LogP contribution in [0.2, 0.25) is 0 Å². The molecule has 1 aromatic heterocycles. The smallest absolute Gasteiger partial charge is 0.343 e. The van der Waals surface area contributed by atoms with Gasteiger partial charge in [0.15, 0.2) is 5.82 Å². The van der Waals surface area contributed by atoms with Crippen molar-refractivity contribution >= 4 is 12.0 Å². The van der Waals surface area contributed by atoms with Gasteiger partial charge in [0.1, 0.15) is 6.04 Å². The van der Waals surface area contributed by atoms with Crippen molar-refractivity contribution in [3.05, 3.63) is 75.7 Å². The molecule has 0 saturated carbocycles. The molecule has 1 atom stereocenters. The van der Waals surface area contributed by atoms with Crippen LogP contribution in [0.5, 0.6) is 0 Å². The molecule has 9 heteroatoms. The molecule has 5 rings (SSSR count). The number of piperidine rings is 1. The van der Waals surface area contributed by atoms with Gasteiger partial charge in [-0.05, 0) is 62.1 Å². The molecule has 1 fully saturated rings. The number of aromatic amines is 1. The lowest BCUT2D eigenvalue weighted by molar-refractivity contribution is -0.145. The van der Waals surface area contributed by atoms with E-state index in [1.165, 1.54) is 28.7 Å². The molecule has 0 radical (unpaired) electrons. The summed E-state index contributed by atoms with van der Waals surface area (Å²) in [4.78, 5) is 43.0. The van der Waals surface area contributed by atoms with Crippen LogP contribution in [0.1, 0.15) is 55.3 Å². The molecule has 2 heterocycles. The van der Waals surface area contributed by atoms with Gasteiger partial charge in [-0.1, -0.05) is 48.5 Å². The third kappa shape index (κ3) is 5.82. The van der Waals surface area contributed by atoms with E-state index in [1.807, 2.05) is 30.3 Å². The molecule has 0 unspecified atom stereocenters. The van der Waals surface area contributed by atoms with Crippen LogP contribution in [0.15, 0.2) is 53.3 Å². The Morgan fingerprint density at radius 2 is 1.82 bits per heavy atom. The zero-order valence-electron chi connectivity index (χ0n) is 21.8. The summed E-state index contributed by atoms with van der Waals surface area (Å²) < 4.78 is 6.78. The number of fused-ring (bicyclic) bond motifs is 1. The van der Waals surface area contributed by atoms with Crippen LogP contribution in [0.4, 0.5) is 4.79 Å². The summed E-state index contributed by atoms with van der Waals surface area (Å²) in [6.07, 6.45) is 6.14. The predicted octanol–water partition coefficient (Wildman–Crippen LogP) is 3.64. The Morgan fingerprint density at radius 1 is 1.08 bits per heavy atom. The average molecular weight is 518 g/mol. The summed E-state index contributed by atoms with van der Waals surface area (Å²) >= 11 is 0. The van der Waals surface area contributed by atoms with Crippen molar-refractivity contribution in [3.63, 3.8) is 0 Å². The number of benzene rings is 2. The van der Waals surface area contributed by atoms with Crippen LogP contribution in [-0.4, -0.2) is 57.4 Å². The molecule has 1 aliphatic heterocycles. The lowest BCUT2D eigenvalue weighted by Crippen LogP contribution is -2.51. The van der Waals surface area contributed by atoms with E-state index in [0.29, 0.717) is 38.2 Å². The fraction of sp³-hybridized carbons (Fsp3) is 0.448. The van der Waals surface area contributed by atoms with Crippen molar-refractivity contribution in [2.75, 3.05) is 19.7 Å². The number of H-pyrrole nitrogens is 1. The molecule has 2 aromatic carbocycles. The number of amides is 2. The lowest BCUT2D eigenvalue weighted by Gasteiger charge is -2.32. The first-order valence-electron chi connectivity index (χ1n) is 13.6. The molecule has 0 bridgehead atoms. The summed E-state index contributed by atoms with van der Waals surface area (Å²) in [5.41, 5.74) is 4.35. The minimum atomic E-state index is -0.760. The van der Waals surface area contributed by atoms with E-state index < -0.39 is 12.0 Å². The predicted molar refractivity (Wildman–Crippen MR) is 144 cm³/mol. The number of carbonyl (C=O) groups is 2. The summed E-state index contributed by atoms with van der Waals surface area (Å²) in [6, 6.07) is 14.7. The number of urea groups is 1. The number of nitrogens with one attached hydrogen (secondary N) is 2. The number of likely N-dealkylation sites (tertiary alicyclic amines) is 1. The second-order valence-corrected chi connectivity index (χ2v) is 10.1. The van der Waals surface area contributed by atoms with Gasteiger partial charge in [-0.2, -0.15) is 0 Å². The Hall–Kier alpha value is -3.88. The number of nitrogens with zero attached hydrogens (tertiary/aromatic N) is 3. The zero-order valence-corrected chi connectivity index (χ0v) is 21.8. The van der Waals surface area contributed by atoms with Crippen molar-refractivity contribution in [1.82, 2.24) is 25.0 Å². The van der Waals surface area contributed by atoms with E-state index in [2.05, 4.69) is 33.6 Å². The van der Waals surface area contributed by atoms with E-state index in [-0.39, 0.29) is 24.4 Å². The van der Waals surface area contributed by atoms with Gasteiger partial charge in [-0.15, -0.1) is 5.10 Å². The first-order chi connectivity index (χ1) is 18.5. The molecule has 1 saturated heterocycles. The Bertz CT molecular complexity index is 1320. The fourth-order valence-electron chi connectivity index (χ4n) is 5.45. The van der Waals surface area contributed by atoms with Gasteiger partial charge in [0.05, 0.1) is 12.6 Å². The SMILES string of the molecule is CCOC(=O)[C@@H](Cc1ccc2c(c1)CCCC2)NC(=O)N1CCC(n2nc(-c3ccccc3)[nH]c2=O)CC1. The standard InChI is InChI=1S/C29H35N5O4/c1-2-38-27(35)25(19-20-12-13-21-8-6-7-11-23(21)18-20)30-28(36)33-16-14-24(15-17-33)34-29(37)31-26(32-34)22-9-4-3-5-10-22/h3-5,9-10,12-13,18,24-25H,2,6-8,11,14-17,19H2,1H3,(H,30,36)(H,31,32,37)/t25-/m1/s1. The van der Waals surface area contributed by atoms with Crippen LogP contribution in [0.3, 0.4) is 0 Å². The summed E-state index contributed by atoms with van der Waals surface area (Å²) in [5, 5.41) is 7.42. The Morgan fingerprint density at radius 3 is 2.55 bits per heavy atom. The number of rotatable bonds is 7. The van der Waals surface area contributed by atoms with Crippen LogP contribution >= 0.6 is 0 Å². The molecular weight excluding hydrogens is 482 g/mol. The van der Waals surface area contributed by atoms with Crippen molar-refractivity contribution < 1.29 is 14.3 Å². The van der Waals surface area contributed by atoms with Gasteiger partial charge < -0.3 is 15.0 Å². The number of esters is 1. The van der Waals surface area contributed by atoms with Crippen LogP contribution < -0.4 is 11.0 Å². The number of aryl methyl sites for hydroxylation is 2. The lowest BCUT2D eigenvalue weighted by atomic mass is 9.89. The minimum Gasteiger partial charge on any atom is -0.464 e. The monoisotopic (exact) mass is 517 g/mol. The minimum absolute atomic E-state index is 0.100. The first-order valence-corrected chi connectivity index (χ1v) is 13.6. The normalized spacial score (nSPS) is 16.5. The van der Waals surface area contributed by atoms with Crippen molar-refractivity contribution in [2.45, 2.75) is 64.0 Å². The Labute approximate surface area is 222 Å². The van der Waals surface area contributed by atoms with Crippen LogP contribution in [0.25, 0.3) is 11.4 Å². The number of carbonyl (C=O) groups excluding carboxylic acids is 2. The number of hydrogen-bond donors (Lipinski definition) is 2. The maximum atomic E-state index is 13.2. The maximum Gasteiger partial charge on any atom is 0.343 e. The van der Waals surface area contributed by atoms with E-state index >= 15 is 0 Å². The van der Waals surface area contributed by atoms with E-state index in [9.17, 15) is 14.4 Å². The first kappa shape index (κ1) is 25.8. The number of aromatic nitrogens is 3. The second kappa shape index (κ2) is 11.7. The van der Waals surface area contributed by atoms with Crippen LogP contribution in [-0.2, 0) is 28.8 Å². The number of hydrogen-bond acceptors (Lipinski definition) is 5. The average Bonchev–Trinajstić information content (AvgIpc) is 3.34. The van der Waals surface area contributed by atoms with Gasteiger partial charge in [0.2, 0.25) is 0 Å². The van der Waals surface area contributed by atoms with E-state index in [4.69, 9.17) is 4.74 Å². The number of ether oxygens (including phenoxy) is 1. The maximum absolute atomic E-state index is 13.2. The zero-order chi connectivity index (χ0) is 26.5. The molecule has 2 aliphatic rings. The third-order valence-corrected chi connectivity index (χ3v) is 7.51.